The van der Waals surface area contributed by atoms with Crippen LogP contribution in [0.25, 0.3) is 22.0 Å². The van der Waals surface area contributed by atoms with Gasteiger partial charge in [-0.05, 0) is 47.5 Å². The number of pyridine rings is 1. The Labute approximate surface area is 178 Å². The van der Waals surface area contributed by atoms with Gasteiger partial charge in [-0.2, -0.15) is 0 Å². The lowest BCUT2D eigenvalue weighted by Crippen LogP contribution is -2.35. The summed E-state index contributed by atoms with van der Waals surface area (Å²) in [7, 11) is 0. The van der Waals surface area contributed by atoms with Gasteiger partial charge in [-0.25, -0.2) is 4.39 Å². The Hall–Kier alpha value is -3.67. The SMILES string of the molecule is O=C(c1cncc(-c2ccc3c(c2)CCO3)c1)N1CCc2[nH]c3ccc(F)cc3c2C1. The second-order valence-corrected chi connectivity index (χ2v) is 8.13. The number of nitrogens with one attached hydrogen (secondary N) is 1. The molecule has 6 rings (SSSR count). The van der Waals surface area contributed by atoms with Crippen LogP contribution in [0.5, 0.6) is 5.75 Å². The van der Waals surface area contributed by atoms with Crippen molar-refractivity contribution in [3.63, 3.8) is 0 Å². The quantitative estimate of drug-likeness (QED) is 0.526. The van der Waals surface area contributed by atoms with Crippen molar-refractivity contribution in [2.24, 2.45) is 0 Å². The van der Waals surface area contributed by atoms with E-state index in [1.807, 2.05) is 23.1 Å². The fourth-order valence-corrected chi connectivity index (χ4v) is 4.62. The number of nitrogens with zero attached hydrogens (tertiary/aromatic N) is 2. The third kappa shape index (κ3) is 3.06. The zero-order valence-electron chi connectivity index (χ0n) is 16.8. The summed E-state index contributed by atoms with van der Waals surface area (Å²) < 4.78 is 19.4. The monoisotopic (exact) mass is 413 g/mol. The molecular weight excluding hydrogens is 393 g/mol. The Morgan fingerprint density at radius 3 is 2.94 bits per heavy atom. The molecule has 2 aromatic heterocycles. The number of benzene rings is 2. The largest absolute Gasteiger partial charge is 0.493 e. The van der Waals surface area contributed by atoms with Gasteiger partial charge >= 0.3 is 0 Å². The number of hydrogen-bond acceptors (Lipinski definition) is 3. The van der Waals surface area contributed by atoms with Crippen molar-refractivity contribution in [1.29, 1.82) is 0 Å². The van der Waals surface area contributed by atoms with E-state index in [4.69, 9.17) is 4.74 Å². The van der Waals surface area contributed by atoms with Gasteiger partial charge in [0.15, 0.2) is 0 Å². The predicted molar refractivity (Wildman–Crippen MR) is 116 cm³/mol. The standard InChI is InChI=1S/C25H20FN3O2/c26-19-2-3-22-20(11-19)21-14-29(7-5-23(21)28-22)25(30)18-10-17(12-27-13-18)15-1-4-24-16(9-15)6-8-31-24/h1-4,9-13,28H,5-8,14H2. The molecule has 4 heterocycles. The first-order chi connectivity index (χ1) is 15.2. The molecule has 0 saturated carbocycles. The highest BCUT2D eigenvalue weighted by Gasteiger charge is 2.25. The summed E-state index contributed by atoms with van der Waals surface area (Å²) in [6.07, 6.45) is 5.02. The Morgan fingerprint density at radius 2 is 2.00 bits per heavy atom. The number of aromatic amines is 1. The maximum absolute atomic E-state index is 13.8. The van der Waals surface area contributed by atoms with E-state index in [-0.39, 0.29) is 11.7 Å². The number of H-pyrrole nitrogens is 1. The maximum atomic E-state index is 13.8. The number of ether oxygens (including phenoxy) is 1. The number of hydrogen-bond donors (Lipinski definition) is 1. The Bertz CT molecular complexity index is 1340. The fraction of sp³-hybridized carbons (Fsp3) is 0.200. The van der Waals surface area contributed by atoms with Crippen LogP contribution in [-0.2, 0) is 19.4 Å². The highest BCUT2D eigenvalue weighted by Crippen LogP contribution is 2.32. The molecule has 1 amide bonds. The molecule has 5 nitrogen and oxygen atoms in total. The van der Waals surface area contributed by atoms with Gasteiger partial charge in [0.05, 0.1) is 12.2 Å². The van der Waals surface area contributed by atoms with Crippen LogP contribution < -0.4 is 4.74 Å². The normalized spacial score (nSPS) is 14.9. The van der Waals surface area contributed by atoms with Crippen molar-refractivity contribution in [2.75, 3.05) is 13.2 Å². The minimum atomic E-state index is -0.269. The first kappa shape index (κ1) is 18.1. The Balaban J connectivity index is 1.30. The van der Waals surface area contributed by atoms with E-state index in [1.54, 1.807) is 24.5 Å². The molecule has 0 unspecified atom stereocenters. The lowest BCUT2D eigenvalue weighted by Gasteiger charge is -2.27. The average molecular weight is 413 g/mol. The van der Waals surface area contributed by atoms with Gasteiger partial charge in [0.2, 0.25) is 0 Å². The molecule has 4 aromatic rings. The van der Waals surface area contributed by atoms with Crippen LogP contribution in [0.4, 0.5) is 4.39 Å². The minimum Gasteiger partial charge on any atom is -0.493 e. The van der Waals surface area contributed by atoms with Crippen molar-refractivity contribution >= 4 is 16.8 Å². The van der Waals surface area contributed by atoms with E-state index in [9.17, 15) is 9.18 Å². The summed E-state index contributed by atoms with van der Waals surface area (Å²) in [5.74, 6) is 0.605. The van der Waals surface area contributed by atoms with E-state index in [1.165, 1.54) is 11.6 Å². The molecular formula is C25H20FN3O2. The second kappa shape index (κ2) is 6.94. The lowest BCUT2D eigenvalue weighted by molar-refractivity contribution is 0.0734. The molecule has 6 heteroatoms. The predicted octanol–water partition coefficient (Wildman–Crippen LogP) is 4.50. The summed E-state index contributed by atoms with van der Waals surface area (Å²) in [5.41, 5.74) is 6.67. The first-order valence-electron chi connectivity index (χ1n) is 10.4. The zero-order chi connectivity index (χ0) is 20.9. The van der Waals surface area contributed by atoms with Crippen molar-refractivity contribution in [3.05, 3.63) is 83.1 Å². The summed E-state index contributed by atoms with van der Waals surface area (Å²) in [6, 6.07) is 12.7. The van der Waals surface area contributed by atoms with Crippen LogP contribution in [0.1, 0.15) is 27.2 Å². The molecule has 0 radical (unpaired) electrons. The summed E-state index contributed by atoms with van der Waals surface area (Å²) >= 11 is 0. The Morgan fingerprint density at radius 1 is 1.06 bits per heavy atom. The van der Waals surface area contributed by atoms with Crippen LogP contribution in [0.3, 0.4) is 0 Å². The minimum absolute atomic E-state index is 0.0600. The molecule has 2 aliphatic heterocycles. The van der Waals surface area contributed by atoms with Crippen LogP contribution in [0.2, 0.25) is 0 Å². The number of rotatable bonds is 2. The van der Waals surface area contributed by atoms with Crippen molar-refractivity contribution in [1.82, 2.24) is 14.9 Å². The van der Waals surface area contributed by atoms with Crippen LogP contribution in [0.15, 0.2) is 54.9 Å². The van der Waals surface area contributed by atoms with Crippen LogP contribution in [-0.4, -0.2) is 33.9 Å². The number of amides is 1. The van der Waals surface area contributed by atoms with Crippen LogP contribution >= 0.6 is 0 Å². The highest BCUT2D eigenvalue weighted by molar-refractivity contribution is 5.96. The average Bonchev–Trinajstić information content (AvgIpc) is 3.42. The highest BCUT2D eigenvalue weighted by atomic mass is 19.1. The van der Waals surface area contributed by atoms with Crippen molar-refractivity contribution in [3.8, 4) is 16.9 Å². The van der Waals surface area contributed by atoms with Crippen LogP contribution in [0, 0.1) is 5.82 Å². The fourth-order valence-electron chi connectivity index (χ4n) is 4.62. The molecule has 0 bridgehead atoms. The number of aromatic nitrogens is 2. The molecule has 31 heavy (non-hydrogen) atoms. The molecule has 0 aliphatic carbocycles. The van der Waals surface area contributed by atoms with E-state index < -0.39 is 0 Å². The number of halogens is 1. The molecule has 0 fully saturated rings. The van der Waals surface area contributed by atoms with Gasteiger partial charge in [-0.3, -0.25) is 9.78 Å². The Kier molecular flexibility index (Phi) is 4.06. The van der Waals surface area contributed by atoms with E-state index >= 15 is 0 Å². The smallest absolute Gasteiger partial charge is 0.255 e. The molecule has 154 valence electrons. The number of carbonyl (C=O) groups excluding carboxylic acids is 1. The summed E-state index contributed by atoms with van der Waals surface area (Å²) in [4.78, 5) is 22.8. The van der Waals surface area contributed by atoms with Gasteiger partial charge in [0.25, 0.3) is 5.91 Å². The van der Waals surface area contributed by atoms with Gasteiger partial charge in [0, 0.05) is 66.0 Å². The second-order valence-electron chi connectivity index (χ2n) is 8.13. The molecule has 0 spiro atoms. The van der Waals surface area contributed by atoms with E-state index in [0.29, 0.717) is 25.3 Å². The van der Waals surface area contributed by atoms with Gasteiger partial charge < -0.3 is 14.6 Å². The molecule has 2 aliphatic rings. The van der Waals surface area contributed by atoms with Gasteiger partial charge in [-0.1, -0.05) is 6.07 Å². The lowest BCUT2D eigenvalue weighted by atomic mass is 10.0. The van der Waals surface area contributed by atoms with Gasteiger partial charge in [0.1, 0.15) is 11.6 Å². The third-order valence-corrected chi connectivity index (χ3v) is 6.23. The van der Waals surface area contributed by atoms with E-state index in [0.717, 1.165) is 51.9 Å². The van der Waals surface area contributed by atoms with Crippen molar-refractivity contribution < 1.29 is 13.9 Å². The summed E-state index contributed by atoms with van der Waals surface area (Å²) in [5, 5.41) is 0.847. The maximum Gasteiger partial charge on any atom is 0.255 e. The van der Waals surface area contributed by atoms with Crippen molar-refractivity contribution in [2.45, 2.75) is 19.4 Å². The summed E-state index contributed by atoms with van der Waals surface area (Å²) in [6.45, 7) is 1.78. The first-order valence-corrected chi connectivity index (χ1v) is 10.4. The third-order valence-electron chi connectivity index (χ3n) is 6.23. The molecule has 2 aromatic carbocycles. The molecule has 0 atom stereocenters. The zero-order valence-corrected chi connectivity index (χ0v) is 16.8. The van der Waals surface area contributed by atoms with Gasteiger partial charge in [-0.15, -0.1) is 0 Å². The number of carbonyl (C=O) groups is 1. The molecule has 1 N–H and O–H groups in total. The molecule has 0 saturated heterocycles. The van der Waals surface area contributed by atoms with E-state index in [2.05, 4.69) is 16.0 Å². The number of fused-ring (bicyclic) bond motifs is 4. The topological polar surface area (TPSA) is 58.2 Å².